The average Bonchev–Trinajstić information content (AvgIpc) is 2.79. The van der Waals surface area contributed by atoms with Crippen LogP contribution >= 0.6 is 15.9 Å². The summed E-state index contributed by atoms with van der Waals surface area (Å²) in [5.74, 6) is -0.753. The molecule has 7 heteroatoms. The number of carbonyl (C=O) groups excluding carboxylic acids is 3. The van der Waals surface area contributed by atoms with Crippen molar-refractivity contribution < 1.29 is 14.4 Å². The summed E-state index contributed by atoms with van der Waals surface area (Å²) >= 11 is 3.30. The Labute approximate surface area is 149 Å². The molecule has 1 saturated heterocycles. The van der Waals surface area contributed by atoms with Gasteiger partial charge in [0.05, 0.1) is 11.1 Å². The number of amides is 3. The number of imide groups is 1. The molecule has 2 aliphatic rings. The second-order valence-corrected chi connectivity index (χ2v) is 7.40. The molecule has 128 valence electrons. The van der Waals surface area contributed by atoms with Crippen molar-refractivity contribution in [3.05, 3.63) is 33.8 Å². The van der Waals surface area contributed by atoms with Gasteiger partial charge in [0.25, 0.3) is 11.8 Å². The zero-order chi connectivity index (χ0) is 17.4. The van der Waals surface area contributed by atoms with Crippen LogP contribution in [0.3, 0.4) is 0 Å². The van der Waals surface area contributed by atoms with Gasteiger partial charge in [-0.05, 0) is 43.9 Å². The number of carbonyl (C=O) groups is 3. The van der Waals surface area contributed by atoms with Crippen molar-refractivity contribution in [3.8, 4) is 0 Å². The van der Waals surface area contributed by atoms with E-state index in [1.165, 1.54) is 0 Å². The molecule has 24 heavy (non-hydrogen) atoms. The van der Waals surface area contributed by atoms with Crippen LogP contribution in [0.15, 0.2) is 22.7 Å². The Morgan fingerprint density at radius 2 is 2.04 bits per heavy atom. The van der Waals surface area contributed by atoms with Gasteiger partial charge in [-0.15, -0.1) is 0 Å². The van der Waals surface area contributed by atoms with Gasteiger partial charge in [0, 0.05) is 23.6 Å². The van der Waals surface area contributed by atoms with E-state index in [0.29, 0.717) is 24.2 Å². The van der Waals surface area contributed by atoms with Crippen molar-refractivity contribution in [3.63, 3.8) is 0 Å². The van der Waals surface area contributed by atoms with Crippen LogP contribution in [0.25, 0.3) is 0 Å². The molecular weight excluding hydrogens is 374 g/mol. The first-order chi connectivity index (χ1) is 11.4. The molecule has 1 aromatic rings. The SMILES string of the molecule is CC(N)C1CCCN(C(=O)CN2C(=O)c3ccc(Br)cc3C2=O)C1. The molecule has 1 fully saturated rings. The van der Waals surface area contributed by atoms with Gasteiger partial charge in [-0.3, -0.25) is 19.3 Å². The van der Waals surface area contributed by atoms with Crippen molar-refractivity contribution in [1.82, 2.24) is 9.80 Å². The van der Waals surface area contributed by atoms with Crippen LogP contribution in [0.5, 0.6) is 0 Å². The molecule has 1 aromatic carbocycles. The number of piperidine rings is 1. The molecule has 2 unspecified atom stereocenters. The molecule has 0 aromatic heterocycles. The number of hydrogen-bond donors (Lipinski definition) is 1. The summed E-state index contributed by atoms with van der Waals surface area (Å²) in [6.07, 6.45) is 1.90. The predicted molar refractivity (Wildman–Crippen MR) is 92.5 cm³/mol. The highest BCUT2D eigenvalue weighted by molar-refractivity contribution is 9.10. The molecule has 3 rings (SSSR count). The molecule has 2 atom stereocenters. The second-order valence-electron chi connectivity index (χ2n) is 6.49. The highest BCUT2D eigenvalue weighted by Gasteiger charge is 2.38. The first-order valence-corrected chi connectivity index (χ1v) is 8.87. The van der Waals surface area contributed by atoms with Crippen LogP contribution in [0.2, 0.25) is 0 Å². The number of hydrogen-bond acceptors (Lipinski definition) is 4. The Kier molecular flexibility index (Phi) is 4.73. The third kappa shape index (κ3) is 3.10. The Morgan fingerprint density at radius 3 is 2.75 bits per heavy atom. The lowest BCUT2D eigenvalue weighted by Gasteiger charge is -2.35. The average molecular weight is 394 g/mol. The molecule has 0 aliphatic carbocycles. The summed E-state index contributed by atoms with van der Waals surface area (Å²) in [5, 5.41) is 0. The number of fused-ring (bicyclic) bond motifs is 1. The lowest BCUT2D eigenvalue weighted by atomic mass is 9.92. The van der Waals surface area contributed by atoms with Crippen LogP contribution in [0.4, 0.5) is 0 Å². The quantitative estimate of drug-likeness (QED) is 0.790. The summed E-state index contributed by atoms with van der Waals surface area (Å²) in [6, 6.07) is 4.97. The minimum Gasteiger partial charge on any atom is -0.341 e. The monoisotopic (exact) mass is 393 g/mol. The molecular formula is C17H20BrN3O3. The maximum absolute atomic E-state index is 12.6. The van der Waals surface area contributed by atoms with E-state index in [1.807, 2.05) is 6.92 Å². The third-order valence-corrected chi connectivity index (χ3v) is 5.27. The zero-order valence-electron chi connectivity index (χ0n) is 13.5. The number of benzene rings is 1. The van der Waals surface area contributed by atoms with Crippen LogP contribution < -0.4 is 5.73 Å². The van der Waals surface area contributed by atoms with Crippen LogP contribution in [-0.2, 0) is 4.79 Å². The zero-order valence-corrected chi connectivity index (χ0v) is 15.1. The second kappa shape index (κ2) is 6.64. The van der Waals surface area contributed by atoms with Crippen molar-refractivity contribution in [1.29, 1.82) is 0 Å². The molecule has 2 aliphatic heterocycles. The predicted octanol–water partition coefficient (Wildman–Crippen LogP) is 1.63. The maximum Gasteiger partial charge on any atom is 0.262 e. The van der Waals surface area contributed by atoms with Crippen molar-refractivity contribution in [2.24, 2.45) is 11.7 Å². The fourth-order valence-corrected chi connectivity index (χ4v) is 3.67. The van der Waals surface area contributed by atoms with Gasteiger partial charge in [0.2, 0.25) is 5.91 Å². The highest BCUT2D eigenvalue weighted by atomic mass is 79.9. The standard InChI is InChI=1S/C17H20BrN3O3/c1-10(19)11-3-2-6-20(8-11)15(22)9-21-16(23)13-5-4-12(18)7-14(13)17(21)24/h4-5,7,10-11H,2-3,6,8-9,19H2,1H3. The van der Waals surface area contributed by atoms with Crippen molar-refractivity contribution in [2.45, 2.75) is 25.8 Å². The third-order valence-electron chi connectivity index (χ3n) is 4.78. The van der Waals surface area contributed by atoms with Crippen LogP contribution in [0.1, 0.15) is 40.5 Å². The van der Waals surface area contributed by atoms with E-state index in [4.69, 9.17) is 5.73 Å². The lowest BCUT2D eigenvalue weighted by molar-refractivity contribution is -0.133. The molecule has 0 saturated carbocycles. The van der Waals surface area contributed by atoms with Crippen LogP contribution in [-0.4, -0.2) is 53.2 Å². The largest absolute Gasteiger partial charge is 0.341 e. The lowest BCUT2D eigenvalue weighted by Crippen LogP contribution is -2.49. The van der Waals surface area contributed by atoms with Crippen LogP contribution in [0, 0.1) is 5.92 Å². The van der Waals surface area contributed by atoms with Gasteiger partial charge in [-0.1, -0.05) is 15.9 Å². The Morgan fingerprint density at radius 1 is 1.33 bits per heavy atom. The van der Waals surface area contributed by atoms with E-state index in [9.17, 15) is 14.4 Å². The van der Waals surface area contributed by atoms with E-state index in [0.717, 1.165) is 22.2 Å². The molecule has 2 N–H and O–H groups in total. The van der Waals surface area contributed by atoms with E-state index >= 15 is 0 Å². The van der Waals surface area contributed by atoms with Gasteiger partial charge in [0.15, 0.2) is 0 Å². The first kappa shape index (κ1) is 17.1. The molecule has 6 nitrogen and oxygen atoms in total. The van der Waals surface area contributed by atoms with Gasteiger partial charge >= 0.3 is 0 Å². The van der Waals surface area contributed by atoms with Gasteiger partial charge in [0.1, 0.15) is 6.54 Å². The number of nitrogens with two attached hydrogens (primary N) is 1. The fourth-order valence-electron chi connectivity index (χ4n) is 3.31. The first-order valence-electron chi connectivity index (χ1n) is 8.07. The van der Waals surface area contributed by atoms with E-state index < -0.39 is 11.8 Å². The molecule has 0 bridgehead atoms. The number of likely N-dealkylation sites (tertiary alicyclic amines) is 1. The summed E-state index contributed by atoms with van der Waals surface area (Å²) in [7, 11) is 0. The molecule has 2 heterocycles. The molecule has 3 amide bonds. The van der Waals surface area contributed by atoms with E-state index in [-0.39, 0.29) is 24.4 Å². The van der Waals surface area contributed by atoms with Gasteiger partial charge in [-0.25, -0.2) is 0 Å². The summed E-state index contributed by atoms with van der Waals surface area (Å²) in [5.41, 5.74) is 6.64. The maximum atomic E-state index is 12.6. The number of nitrogens with zero attached hydrogens (tertiary/aromatic N) is 2. The Bertz CT molecular complexity index is 704. The summed E-state index contributed by atoms with van der Waals surface area (Å²) in [6.45, 7) is 2.97. The van der Waals surface area contributed by atoms with Crippen molar-refractivity contribution >= 4 is 33.7 Å². The fraction of sp³-hybridized carbons (Fsp3) is 0.471. The number of halogens is 1. The summed E-state index contributed by atoms with van der Waals surface area (Å²) < 4.78 is 0.728. The van der Waals surface area contributed by atoms with E-state index in [2.05, 4.69) is 15.9 Å². The van der Waals surface area contributed by atoms with Gasteiger partial charge < -0.3 is 10.6 Å². The summed E-state index contributed by atoms with van der Waals surface area (Å²) in [4.78, 5) is 40.2. The molecule has 0 spiro atoms. The molecule has 0 radical (unpaired) electrons. The Balaban J connectivity index is 1.71. The smallest absolute Gasteiger partial charge is 0.262 e. The topological polar surface area (TPSA) is 83.7 Å². The minimum absolute atomic E-state index is 0.0252. The van der Waals surface area contributed by atoms with Crippen molar-refractivity contribution in [2.75, 3.05) is 19.6 Å². The van der Waals surface area contributed by atoms with Gasteiger partial charge in [-0.2, -0.15) is 0 Å². The van der Waals surface area contributed by atoms with E-state index in [1.54, 1.807) is 23.1 Å². The number of rotatable bonds is 3. The minimum atomic E-state index is -0.412. The Hall–Kier alpha value is -1.73. The normalized spacial score (nSPS) is 21.9. The highest BCUT2D eigenvalue weighted by Crippen LogP contribution is 2.26.